The number of carbonyl (C=O) groups is 1. The molecule has 0 aliphatic rings. The molecule has 4 rings (SSSR count). The number of amides is 1. The van der Waals surface area contributed by atoms with E-state index in [-0.39, 0.29) is 5.91 Å². The van der Waals surface area contributed by atoms with Crippen LogP contribution in [-0.2, 0) is 6.54 Å². The van der Waals surface area contributed by atoms with E-state index < -0.39 is 0 Å². The number of nitrogens with one attached hydrogen (secondary N) is 3. The van der Waals surface area contributed by atoms with Crippen molar-refractivity contribution in [3.05, 3.63) is 76.3 Å². The number of rotatable bonds is 5. The summed E-state index contributed by atoms with van der Waals surface area (Å²) in [6.45, 7) is 0.409. The summed E-state index contributed by atoms with van der Waals surface area (Å²) in [6, 6.07) is 10.6. The molecule has 7 nitrogen and oxygen atoms in total. The number of halogens is 2. The fraction of sp³-hybridized carbons (Fsp3) is 0.0526. The van der Waals surface area contributed by atoms with Gasteiger partial charge in [0.1, 0.15) is 17.1 Å². The van der Waals surface area contributed by atoms with Crippen LogP contribution < -0.4 is 5.32 Å². The Morgan fingerprint density at radius 2 is 1.64 bits per heavy atom. The average molecular weight is 413 g/mol. The number of carbonyl (C=O) groups excluding carboxylic acids is 1. The number of hydrogen-bond acceptors (Lipinski definition) is 4. The second-order valence-electron chi connectivity index (χ2n) is 6.02. The third-order valence-corrected chi connectivity index (χ3v) is 4.52. The Kier molecular flexibility index (Phi) is 5.10. The number of nitrogens with zero attached hydrogens (tertiary/aromatic N) is 3. The molecule has 140 valence electrons. The maximum absolute atomic E-state index is 12.4. The van der Waals surface area contributed by atoms with Crippen LogP contribution >= 0.6 is 23.2 Å². The molecule has 28 heavy (non-hydrogen) atoms. The minimum absolute atomic E-state index is 0.223. The highest BCUT2D eigenvalue weighted by Crippen LogP contribution is 2.32. The zero-order valence-corrected chi connectivity index (χ0v) is 15.9. The molecule has 3 aromatic heterocycles. The maximum Gasteiger partial charge on any atom is 0.267 e. The Morgan fingerprint density at radius 1 is 0.964 bits per heavy atom. The zero-order valence-electron chi connectivity index (χ0n) is 14.4. The van der Waals surface area contributed by atoms with E-state index >= 15 is 0 Å². The topological polar surface area (TPSA) is 99.3 Å². The van der Waals surface area contributed by atoms with E-state index in [1.54, 1.807) is 42.9 Å². The highest BCUT2D eigenvalue weighted by molar-refractivity contribution is 6.35. The predicted octanol–water partition coefficient (Wildman–Crippen LogP) is 4.10. The number of benzene rings is 1. The first-order valence-corrected chi connectivity index (χ1v) is 9.09. The Morgan fingerprint density at radius 3 is 2.36 bits per heavy atom. The van der Waals surface area contributed by atoms with Crippen LogP contribution in [0.4, 0.5) is 0 Å². The van der Waals surface area contributed by atoms with Crippen molar-refractivity contribution in [3.8, 4) is 22.5 Å². The molecule has 0 aliphatic carbocycles. The number of H-pyrrole nitrogens is 2. The third-order valence-electron chi connectivity index (χ3n) is 4.09. The molecular weight excluding hydrogens is 399 g/mol. The van der Waals surface area contributed by atoms with Gasteiger partial charge in [-0.1, -0.05) is 23.2 Å². The van der Waals surface area contributed by atoms with Crippen LogP contribution in [0.1, 0.15) is 16.1 Å². The highest BCUT2D eigenvalue weighted by Gasteiger charge is 2.17. The summed E-state index contributed by atoms with van der Waals surface area (Å²) >= 11 is 12.2. The van der Waals surface area contributed by atoms with E-state index in [0.29, 0.717) is 39.2 Å². The van der Waals surface area contributed by atoms with Crippen molar-refractivity contribution >= 4 is 29.1 Å². The first-order chi connectivity index (χ1) is 13.6. The van der Waals surface area contributed by atoms with E-state index in [9.17, 15) is 4.79 Å². The van der Waals surface area contributed by atoms with E-state index in [2.05, 4.69) is 30.7 Å². The van der Waals surface area contributed by atoms with Gasteiger partial charge in [-0.25, -0.2) is 0 Å². The van der Waals surface area contributed by atoms with Gasteiger partial charge in [0.25, 0.3) is 5.91 Å². The molecule has 1 aromatic carbocycles. The Labute approximate surface area is 170 Å². The molecule has 0 fully saturated rings. The third kappa shape index (κ3) is 3.90. The maximum atomic E-state index is 12.4. The quantitative estimate of drug-likeness (QED) is 0.459. The van der Waals surface area contributed by atoms with Gasteiger partial charge in [0, 0.05) is 46.3 Å². The summed E-state index contributed by atoms with van der Waals surface area (Å²) in [5, 5.41) is 14.9. The van der Waals surface area contributed by atoms with Crippen molar-refractivity contribution in [3.63, 3.8) is 0 Å². The van der Waals surface area contributed by atoms with Gasteiger partial charge in [-0.2, -0.15) is 15.4 Å². The van der Waals surface area contributed by atoms with E-state index in [1.165, 1.54) is 0 Å². The molecule has 0 saturated heterocycles. The molecule has 0 spiro atoms. The predicted molar refractivity (Wildman–Crippen MR) is 107 cm³/mol. The van der Waals surface area contributed by atoms with E-state index in [1.807, 2.05) is 12.1 Å². The smallest absolute Gasteiger partial charge is 0.267 e. The fourth-order valence-corrected chi connectivity index (χ4v) is 3.29. The zero-order chi connectivity index (χ0) is 19.5. The first-order valence-electron chi connectivity index (χ1n) is 8.33. The van der Waals surface area contributed by atoms with Gasteiger partial charge in [0.15, 0.2) is 0 Å². The summed E-state index contributed by atoms with van der Waals surface area (Å²) in [5.41, 5.74) is 4.00. The van der Waals surface area contributed by atoms with Gasteiger partial charge in [0.05, 0.1) is 0 Å². The average Bonchev–Trinajstić information content (AvgIpc) is 3.35. The monoisotopic (exact) mass is 412 g/mol. The molecule has 0 aliphatic heterocycles. The summed E-state index contributed by atoms with van der Waals surface area (Å²) in [5.74, 6) is -0.223. The largest absolute Gasteiger partial charge is 0.357 e. The normalized spacial score (nSPS) is 10.8. The summed E-state index contributed by atoms with van der Waals surface area (Å²) in [4.78, 5) is 19.3. The summed E-state index contributed by atoms with van der Waals surface area (Å²) < 4.78 is 0. The van der Waals surface area contributed by atoms with Crippen molar-refractivity contribution in [2.45, 2.75) is 6.54 Å². The number of pyridine rings is 1. The SMILES string of the molecule is O=C(NCc1ccncc1)c1cc(-c2n[nH]nc2-c2cc(Cl)cc(Cl)c2)c[nH]1. The minimum Gasteiger partial charge on any atom is -0.357 e. The molecule has 0 saturated carbocycles. The van der Waals surface area contributed by atoms with Gasteiger partial charge in [-0.15, -0.1) is 0 Å². The second-order valence-corrected chi connectivity index (χ2v) is 6.89. The Balaban J connectivity index is 1.55. The molecule has 3 N–H and O–H groups in total. The molecular formula is C19H14Cl2N6O. The Hall–Kier alpha value is -3.16. The lowest BCUT2D eigenvalue weighted by atomic mass is 10.1. The molecule has 0 bridgehead atoms. The Bertz CT molecular complexity index is 1100. The molecule has 1 amide bonds. The van der Waals surface area contributed by atoms with Gasteiger partial charge >= 0.3 is 0 Å². The number of aromatic nitrogens is 5. The lowest BCUT2D eigenvalue weighted by Gasteiger charge is -2.03. The lowest BCUT2D eigenvalue weighted by molar-refractivity contribution is 0.0946. The lowest BCUT2D eigenvalue weighted by Crippen LogP contribution is -2.22. The van der Waals surface area contributed by atoms with Gasteiger partial charge in [-0.05, 0) is 42.0 Å². The first kappa shape index (κ1) is 18.2. The standard InChI is InChI=1S/C19H14Cl2N6O/c20-14-5-12(6-15(21)8-14)17-18(26-27-25-17)13-7-16(23-10-13)19(28)24-9-11-1-3-22-4-2-11/h1-8,10,23H,9H2,(H,24,28)(H,25,26,27). The van der Waals surface area contributed by atoms with Crippen LogP contribution in [0.5, 0.6) is 0 Å². The molecule has 0 radical (unpaired) electrons. The van der Waals surface area contributed by atoms with Crippen LogP contribution in [0, 0.1) is 0 Å². The summed E-state index contributed by atoms with van der Waals surface area (Å²) in [7, 11) is 0. The molecule has 0 atom stereocenters. The summed E-state index contributed by atoms with van der Waals surface area (Å²) in [6.07, 6.45) is 5.07. The fourth-order valence-electron chi connectivity index (χ4n) is 2.76. The minimum atomic E-state index is -0.223. The van der Waals surface area contributed by atoms with Crippen molar-refractivity contribution in [2.75, 3.05) is 0 Å². The van der Waals surface area contributed by atoms with Gasteiger partial charge in [0.2, 0.25) is 0 Å². The van der Waals surface area contributed by atoms with Crippen molar-refractivity contribution in [1.82, 2.24) is 30.7 Å². The number of hydrogen-bond donors (Lipinski definition) is 3. The molecule has 9 heteroatoms. The van der Waals surface area contributed by atoms with Crippen molar-refractivity contribution in [2.24, 2.45) is 0 Å². The van der Waals surface area contributed by atoms with Gasteiger partial charge in [-0.3, -0.25) is 9.78 Å². The highest BCUT2D eigenvalue weighted by atomic mass is 35.5. The van der Waals surface area contributed by atoms with E-state index in [4.69, 9.17) is 23.2 Å². The molecule has 4 aromatic rings. The van der Waals surface area contributed by atoms with Gasteiger partial charge < -0.3 is 10.3 Å². The van der Waals surface area contributed by atoms with Crippen LogP contribution in [0.2, 0.25) is 10.0 Å². The van der Waals surface area contributed by atoms with Crippen molar-refractivity contribution in [1.29, 1.82) is 0 Å². The number of aromatic amines is 2. The second kappa shape index (κ2) is 7.84. The van der Waals surface area contributed by atoms with Crippen LogP contribution in [-0.4, -0.2) is 31.3 Å². The van der Waals surface area contributed by atoms with Crippen LogP contribution in [0.3, 0.4) is 0 Å². The molecule has 0 unspecified atom stereocenters. The van der Waals surface area contributed by atoms with Crippen LogP contribution in [0.25, 0.3) is 22.5 Å². The van der Waals surface area contributed by atoms with Crippen LogP contribution in [0.15, 0.2) is 55.0 Å². The van der Waals surface area contributed by atoms with Crippen molar-refractivity contribution < 1.29 is 4.79 Å². The van der Waals surface area contributed by atoms with E-state index in [0.717, 1.165) is 11.1 Å². The molecule has 3 heterocycles.